The van der Waals surface area contributed by atoms with Gasteiger partial charge >= 0.3 is 0 Å². The van der Waals surface area contributed by atoms with Crippen molar-refractivity contribution in [2.75, 3.05) is 0 Å². The molecule has 0 amide bonds. The van der Waals surface area contributed by atoms with E-state index in [1.54, 1.807) is 0 Å². The maximum atomic E-state index is 5.83. The highest BCUT2D eigenvalue weighted by molar-refractivity contribution is 9.10. The highest BCUT2D eigenvalue weighted by Crippen LogP contribution is 2.22. The Morgan fingerprint density at radius 3 is 3.00 bits per heavy atom. The number of fused-ring (bicyclic) bond motifs is 1. The number of rotatable bonds is 1. The zero-order chi connectivity index (χ0) is 9.42. The van der Waals surface area contributed by atoms with Crippen LogP contribution in [0.1, 0.15) is 18.7 Å². The first-order chi connectivity index (χ1) is 6.20. The molecule has 0 saturated carbocycles. The first kappa shape index (κ1) is 8.72. The summed E-state index contributed by atoms with van der Waals surface area (Å²) >= 11 is 3.40. The molecule has 0 radical (unpaired) electrons. The summed E-state index contributed by atoms with van der Waals surface area (Å²) in [4.78, 5) is 4.33. The number of halogens is 1. The van der Waals surface area contributed by atoms with Crippen molar-refractivity contribution in [3.05, 3.63) is 34.7 Å². The standard InChI is InChI=1S/C9H10BrN3/c1-6(11)8-9(10)12-7-4-2-3-5-13(7)8/h2-6H,11H2,1H3. The molecule has 0 saturated heterocycles. The fourth-order valence-electron chi connectivity index (χ4n) is 1.39. The Morgan fingerprint density at radius 2 is 2.31 bits per heavy atom. The van der Waals surface area contributed by atoms with Gasteiger partial charge in [-0.15, -0.1) is 0 Å². The van der Waals surface area contributed by atoms with Gasteiger partial charge in [0.05, 0.1) is 5.69 Å². The van der Waals surface area contributed by atoms with E-state index in [0.717, 1.165) is 15.9 Å². The first-order valence-electron chi connectivity index (χ1n) is 4.08. The van der Waals surface area contributed by atoms with Gasteiger partial charge in [0.1, 0.15) is 10.3 Å². The van der Waals surface area contributed by atoms with Gasteiger partial charge in [-0.2, -0.15) is 0 Å². The van der Waals surface area contributed by atoms with Gasteiger partial charge < -0.3 is 10.1 Å². The average Bonchev–Trinajstić information content (AvgIpc) is 2.39. The van der Waals surface area contributed by atoms with Crippen LogP contribution in [-0.2, 0) is 0 Å². The molecule has 0 aromatic carbocycles. The lowest BCUT2D eigenvalue weighted by Gasteiger charge is -2.04. The Bertz CT molecular complexity index is 433. The SMILES string of the molecule is CC(N)c1c(Br)nc2ccccn12. The molecule has 0 bridgehead atoms. The van der Waals surface area contributed by atoms with E-state index in [4.69, 9.17) is 5.73 Å². The number of aromatic nitrogens is 2. The van der Waals surface area contributed by atoms with E-state index in [-0.39, 0.29) is 6.04 Å². The van der Waals surface area contributed by atoms with E-state index in [0.29, 0.717) is 0 Å². The lowest BCUT2D eigenvalue weighted by Crippen LogP contribution is -2.08. The zero-order valence-corrected chi connectivity index (χ0v) is 8.82. The summed E-state index contributed by atoms with van der Waals surface area (Å²) in [5.41, 5.74) is 7.76. The van der Waals surface area contributed by atoms with Gasteiger partial charge in [0.15, 0.2) is 0 Å². The van der Waals surface area contributed by atoms with Crippen molar-refractivity contribution in [1.82, 2.24) is 9.38 Å². The van der Waals surface area contributed by atoms with Crippen LogP contribution in [0.15, 0.2) is 29.0 Å². The van der Waals surface area contributed by atoms with Crippen LogP contribution in [0, 0.1) is 0 Å². The number of hydrogen-bond donors (Lipinski definition) is 1. The molecular formula is C9H10BrN3. The normalized spacial score (nSPS) is 13.5. The van der Waals surface area contributed by atoms with Crippen molar-refractivity contribution in [3.8, 4) is 0 Å². The van der Waals surface area contributed by atoms with Gasteiger partial charge in [0, 0.05) is 12.2 Å². The average molecular weight is 240 g/mol. The van der Waals surface area contributed by atoms with Gasteiger partial charge in [0.25, 0.3) is 0 Å². The number of nitrogens with two attached hydrogens (primary N) is 1. The molecular weight excluding hydrogens is 230 g/mol. The Labute approximate surface area is 84.7 Å². The fourth-order valence-corrected chi connectivity index (χ4v) is 2.13. The predicted molar refractivity (Wildman–Crippen MR) is 55.5 cm³/mol. The predicted octanol–water partition coefficient (Wildman–Crippen LogP) is 2.12. The Balaban J connectivity index is 2.78. The third-order valence-corrected chi connectivity index (χ3v) is 2.54. The molecule has 1 unspecified atom stereocenters. The number of hydrogen-bond acceptors (Lipinski definition) is 2. The minimum absolute atomic E-state index is 0.0215. The third kappa shape index (κ3) is 1.36. The largest absolute Gasteiger partial charge is 0.323 e. The van der Waals surface area contributed by atoms with Gasteiger partial charge in [-0.1, -0.05) is 6.07 Å². The summed E-state index contributed by atoms with van der Waals surface area (Å²) in [7, 11) is 0. The minimum atomic E-state index is -0.0215. The quantitative estimate of drug-likeness (QED) is 0.829. The van der Waals surface area contributed by atoms with Crippen LogP contribution in [0.5, 0.6) is 0 Å². The van der Waals surface area contributed by atoms with Crippen molar-refractivity contribution >= 4 is 21.6 Å². The molecule has 3 nitrogen and oxygen atoms in total. The van der Waals surface area contributed by atoms with Gasteiger partial charge in [-0.05, 0) is 35.0 Å². The van der Waals surface area contributed by atoms with Crippen LogP contribution >= 0.6 is 15.9 Å². The Kier molecular flexibility index (Phi) is 2.09. The van der Waals surface area contributed by atoms with Crippen LogP contribution in [0.4, 0.5) is 0 Å². The minimum Gasteiger partial charge on any atom is -0.323 e. The second-order valence-electron chi connectivity index (χ2n) is 3.01. The topological polar surface area (TPSA) is 43.3 Å². The molecule has 0 aliphatic heterocycles. The summed E-state index contributed by atoms with van der Waals surface area (Å²) in [6.07, 6.45) is 1.96. The van der Waals surface area contributed by atoms with E-state index < -0.39 is 0 Å². The van der Waals surface area contributed by atoms with E-state index in [2.05, 4.69) is 20.9 Å². The van der Waals surface area contributed by atoms with E-state index in [1.807, 2.05) is 35.7 Å². The van der Waals surface area contributed by atoms with E-state index in [9.17, 15) is 0 Å². The van der Waals surface area contributed by atoms with Gasteiger partial charge in [0.2, 0.25) is 0 Å². The number of imidazole rings is 1. The maximum absolute atomic E-state index is 5.83. The highest BCUT2D eigenvalue weighted by atomic mass is 79.9. The molecule has 0 aliphatic carbocycles. The molecule has 2 aromatic heterocycles. The molecule has 2 N–H and O–H groups in total. The molecule has 2 rings (SSSR count). The van der Waals surface area contributed by atoms with E-state index >= 15 is 0 Å². The molecule has 2 aromatic rings. The summed E-state index contributed by atoms with van der Waals surface area (Å²) in [6, 6.07) is 5.86. The van der Waals surface area contributed by atoms with E-state index in [1.165, 1.54) is 0 Å². The van der Waals surface area contributed by atoms with Crippen molar-refractivity contribution in [2.24, 2.45) is 5.73 Å². The molecule has 13 heavy (non-hydrogen) atoms. The van der Waals surface area contributed by atoms with Gasteiger partial charge in [-0.25, -0.2) is 4.98 Å². The molecule has 4 heteroatoms. The Hall–Kier alpha value is -0.870. The monoisotopic (exact) mass is 239 g/mol. The smallest absolute Gasteiger partial charge is 0.138 e. The molecule has 68 valence electrons. The van der Waals surface area contributed by atoms with Crippen LogP contribution in [0.25, 0.3) is 5.65 Å². The van der Waals surface area contributed by atoms with Crippen LogP contribution < -0.4 is 5.73 Å². The molecule has 0 spiro atoms. The van der Waals surface area contributed by atoms with Crippen molar-refractivity contribution in [1.29, 1.82) is 0 Å². The second kappa shape index (κ2) is 3.12. The van der Waals surface area contributed by atoms with Crippen molar-refractivity contribution in [3.63, 3.8) is 0 Å². The third-order valence-electron chi connectivity index (χ3n) is 1.95. The molecule has 1 atom stereocenters. The zero-order valence-electron chi connectivity index (χ0n) is 7.24. The lowest BCUT2D eigenvalue weighted by molar-refractivity contribution is 0.764. The lowest BCUT2D eigenvalue weighted by atomic mass is 10.3. The highest BCUT2D eigenvalue weighted by Gasteiger charge is 2.12. The van der Waals surface area contributed by atoms with Crippen molar-refractivity contribution < 1.29 is 0 Å². The van der Waals surface area contributed by atoms with Crippen LogP contribution in [0.3, 0.4) is 0 Å². The summed E-state index contributed by atoms with van der Waals surface area (Å²) in [6.45, 7) is 1.95. The molecule has 0 aliphatic rings. The Morgan fingerprint density at radius 1 is 1.54 bits per heavy atom. The number of nitrogens with zero attached hydrogens (tertiary/aromatic N) is 2. The van der Waals surface area contributed by atoms with Crippen LogP contribution in [0.2, 0.25) is 0 Å². The van der Waals surface area contributed by atoms with Gasteiger partial charge in [-0.3, -0.25) is 0 Å². The first-order valence-corrected chi connectivity index (χ1v) is 4.87. The fraction of sp³-hybridized carbons (Fsp3) is 0.222. The molecule has 2 heterocycles. The van der Waals surface area contributed by atoms with Crippen LogP contribution in [-0.4, -0.2) is 9.38 Å². The summed E-state index contributed by atoms with van der Waals surface area (Å²) < 4.78 is 2.82. The summed E-state index contributed by atoms with van der Waals surface area (Å²) in [5.74, 6) is 0. The maximum Gasteiger partial charge on any atom is 0.138 e. The molecule has 0 fully saturated rings. The number of pyridine rings is 1. The summed E-state index contributed by atoms with van der Waals surface area (Å²) in [5, 5.41) is 0. The second-order valence-corrected chi connectivity index (χ2v) is 3.76. The van der Waals surface area contributed by atoms with Crippen molar-refractivity contribution in [2.45, 2.75) is 13.0 Å².